The van der Waals surface area contributed by atoms with E-state index in [4.69, 9.17) is 5.73 Å². The summed E-state index contributed by atoms with van der Waals surface area (Å²) in [6, 6.07) is -0.343. The molecule has 118 valence electrons. The molecule has 0 radical (unpaired) electrons. The SMILES string of the molecule is CCn1cc(C2CCN(C(=O)[C@@H](N)CC(C)C)CC2)cn1. The highest BCUT2D eigenvalue weighted by molar-refractivity contribution is 5.81. The molecule has 1 aromatic heterocycles. The minimum Gasteiger partial charge on any atom is -0.341 e. The average Bonchev–Trinajstić information content (AvgIpc) is 2.95. The topological polar surface area (TPSA) is 64.2 Å². The number of nitrogens with two attached hydrogens (primary N) is 1. The van der Waals surface area contributed by atoms with E-state index in [0.29, 0.717) is 11.8 Å². The van der Waals surface area contributed by atoms with E-state index in [2.05, 4.69) is 32.1 Å². The summed E-state index contributed by atoms with van der Waals surface area (Å²) in [5.74, 6) is 1.10. The Bertz CT molecular complexity index is 461. The smallest absolute Gasteiger partial charge is 0.239 e. The summed E-state index contributed by atoms with van der Waals surface area (Å²) in [6.07, 6.45) is 6.88. The maximum atomic E-state index is 12.3. The summed E-state index contributed by atoms with van der Waals surface area (Å²) in [5.41, 5.74) is 7.31. The summed E-state index contributed by atoms with van der Waals surface area (Å²) in [7, 11) is 0. The van der Waals surface area contributed by atoms with Crippen LogP contribution in [0.1, 0.15) is 51.5 Å². The molecule has 5 heteroatoms. The van der Waals surface area contributed by atoms with Crippen LogP contribution < -0.4 is 5.73 Å². The van der Waals surface area contributed by atoms with E-state index < -0.39 is 0 Å². The Balaban J connectivity index is 1.86. The van der Waals surface area contributed by atoms with Gasteiger partial charge in [0.25, 0.3) is 0 Å². The number of rotatable bonds is 5. The predicted octanol–water partition coefficient (Wildman–Crippen LogP) is 1.98. The molecule has 0 aromatic carbocycles. The fourth-order valence-corrected chi connectivity index (χ4v) is 3.04. The van der Waals surface area contributed by atoms with E-state index in [-0.39, 0.29) is 11.9 Å². The van der Waals surface area contributed by atoms with Crippen LogP contribution in [0, 0.1) is 5.92 Å². The zero-order valence-corrected chi connectivity index (χ0v) is 13.5. The number of hydrogen-bond donors (Lipinski definition) is 1. The lowest BCUT2D eigenvalue weighted by molar-refractivity contribution is -0.134. The maximum Gasteiger partial charge on any atom is 0.239 e. The highest BCUT2D eigenvalue weighted by Crippen LogP contribution is 2.28. The number of aromatic nitrogens is 2. The van der Waals surface area contributed by atoms with E-state index in [1.165, 1.54) is 5.56 Å². The van der Waals surface area contributed by atoms with Crippen molar-refractivity contribution >= 4 is 5.91 Å². The first-order valence-electron chi connectivity index (χ1n) is 8.08. The number of carbonyl (C=O) groups excluding carboxylic acids is 1. The van der Waals surface area contributed by atoms with E-state index in [1.54, 1.807) is 0 Å². The van der Waals surface area contributed by atoms with Crippen LogP contribution in [-0.2, 0) is 11.3 Å². The van der Waals surface area contributed by atoms with Gasteiger partial charge in [0, 0.05) is 25.8 Å². The van der Waals surface area contributed by atoms with Crippen molar-refractivity contribution in [3.05, 3.63) is 18.0 Å². The molecular formula is C16H28N4O. The molecule has 1 aliphatic heterocycles. The van der Waals surface area contributed by atoms with Crippen LogP contribution in [-0.4, -0.2) is 39.7 Å². The van der Waals surface area contributed by atoms with E-state index in [1.807, 2.05) is 15.8 Å². The van der Waals surface area contributed by atoms with Crippen molar-refractivity contribution in [3.8, 4) is 0 Å². The number of nitrogens with zero attached hydrogens (tertiary/aromatic N) is 3. The van der Waals surface area contributed by atoms with Crippen molar-refractivity contribution in [2.45, 2.75) is 58.5 Å². The first-order valence-corrected chi connectivity index (χ1v) is 8.08. The Morgan fingerprint density at radius 3 is 2.62 bits per heavy atom. The molecule has 0 aliphatic carbocycles. The number of likely N-dealkylation sites (tertiary alicyclic amines) is 1. The van der Waals surface area contributed by atoms with Gasteiger partial charge < -0.3 is 10.6 Å². The highest BCUT2D eigenvalue weighted by atomic mass is 16.2. The third-order valence-corrected chi connectivity index (χ3v) is 4.30. The van der Waals surface area contributed by atoms with Gasteiger partial charge >= 0.3 is 0 Å². The lowest BCUT2D eigenvalue weighted by Gasteiger charge is -2.33. The summed E-state index contributed by atoms with van der Waals surface area (Å²) < 4.78 is 1.96. The monoisotopic (exact) mass is 292 g/mol. The molecule has 1 amide bonds. The van der Waals surface area contributed by atoms with Crippen LogP contribution in [0.25, 0.3) is 0 Å². The van der Waals surface area contributed by atoms with Gasteiger partial charge in [-0.15, -0.1) is 0 Å². The van der Waals surface area contributed by atoms with Gasteiger partial charge in [0.1, 0.15) is 0 Å². The number of aryl methyl sites for hydroxylation is 1. The van der Waals surface area contributed by atoms with E-state index >= 15 is 0 Å². The van der Waals surface area contributed by atoms with Gasteiger partial charge in [-0.1, -0.05) is 13.8 Å². The molecule has 0 saturated carbocycles. The molecule has 1 saturated heterocycles. The summed E-state index contributed by atoms with van der Waals surface area (Å²) in [5, 5.41) is 4.34. The second-order valence-corrected chi connectivity index (χ2v) is 6.46. The van der Waals surface area contributed by atoms with Crippen molar-refractivity contribution in [2.75, 3.05) is 13.1 Å². The summed E-state index contributed by atoms with van der Waals surface area (Å²) in [6.45, 7) is 8.82. The molecule has 21 heavy (non-hydrogen) atoms. The third-order valence-electron chi connectivity index (χ3n) is 4.30. The zero-order valence-electron chi connectivity index (χ0n) is 13.5. The molecule has 1 aliphatic rings. The van der Waals surface area contributed by atoms with Crippen LogP contribution in [0.3, 0.4) is 0 Å². The normalized spacial score (nSPS) is 18.2. The van der Waals surface area contributed by atoms with Gasteiger partial charge in [-0.3, -0.25) is 9.48 Å². The number of amides is 1. The van der Waals surface area contributed by atoms with Gasteiger partial charge in [-0.2, -0.15) is 5.10 Å². The first-order chi connectivity index (χ1) is 10.0. The molecule has 2 rings (SSSR count). The van der Waals surface area contributed by atoms with E-state index in [0.717, 1.165) is 38.9 Å². The van der Waals surface area contributed by atoms with Gasteiger partial charge in [0.2, 0.25) is 5.91 Å². The fraction of sp³-hybridized carbons (Fsp3) is 0.750. The highest BCUT2D eigenvalue weighted by Gasteiger charge is 2.27. The Kier molecular flexibility index (Phi) is 5.39. The third kappa shape index (κ3) is 4.06. The number of hydrogen-bond acceptors (Lipinski definition) is 3. The minimum absolute atomic E-state index is 0.117. The quantitative estimate of drug-likeness (QED) is 0.902. The first kappa shape index (κ1) is 16.0. The van der Waals surface area contributed by atoms with Crippen molar-refractivity contribution in [2.24, 2.45) is 11.7 Å². The molecule has 1 aromatic rings. The van der Waals surface area contributed by atoms with Crippen LogP contribution in [0.5, 0.6) is 0 Å². The van der Waals surface area contributed by atoms with Crippen LogP contribution in [0.15, 0.2) is 12.4 Å². The van der Waals surface area contributed by atoms with E-state index in [9.17, 15) is 4.79 Å². The molecule has 1 fully saturated rings. The van der Waals surface area contributed by atoms with Crippen molar-refractivity contribution in [1.82, 2.24) is 14.7 Å². The molecule has 5 nitrogen and oxygen atoms in total. The lowest BCUT2D eigenvalue weighted by atomic mass is 9.91. The number of carbonyl (C=O) groups is 1. The van der Waals surface area contributed by atoms with Crippen molar-refractivity contribution in [1.29, 1.82) is 0 Å². The molecule has 1 atom stereocenters. The van der Waals surface area contributed by atoms with Crippen LogP contribution >= 0.6 is 0 Å². The molecule has 0 bridgehead atoms. The molecule has 0 spiro atoms. The lowest BCUT2D eigenvalue weighted by Crippen LogP contribution is -2.47. The Morgan fingerprint density at radius 1 is 1.43 bits per heavy atom. The van der Waals surface area contributed by atoms with Crippen molar-refractivity contribution in [3.63, 3.8) is 0 Å². The van der Waals surface area contributed by atoms with Crippen LogP contribution in [0.4, 0.5) is 0 Å². The molecule has 0 unspecified atom stereocenters. The average molecular weight is 292 g/mol. The van der Waals surface area contributed by atoms with Crippen LogP contribution in [0.2, 0.25) is 0 Å². The Hall–Kier alpha value is -1.36. The summed E-state index contributed by atoms with van der Waals surface area (Å²) in [4.78, 5) is 14.2. The maximum absolute atomic E-state index is 12.3. The van der Waals surface area contributed by atoms with Gasteiger partial charge in [0.05, 0.1) is 12.2 Å². The van der Waals surface area contributed by atoms with Gasteiger partial charge in [-0.25, -0.2) is 0 Å². The van der Waals surface area contributed by atoms with Crippen molar-refractivity contribution < 1.29 is 4.79 Å². The molecular weight excluding hydrogens is 264 g/mol. The molecule has 2 heterocycles. The predicted molar refractivity (Wildman–Crippen MR) is 83.9 cm³/mol. The standard InChI is InChI=1S/C16H28N4O/c1-4-20-11-14(10-18-20)13-5-7-19(8-6-13)16(21)15(17)9-12(2)3/h10-13,15H,4-9,17H2,1-3H3/t15-/m0/s1. The fourth-order valence-electron chi connectivity index (χ4n) is 3.04. The number of piperidine rings is 1. The van der Waals surface area contributed by atoms with Gasteiger partial charge in [0.15, 0.2) is 0 Å². The second kappa shape index (κ2) is 7.07. The minimum atomic E-state index is -0.343. The Morgan fingerprint density at radius 2 is 2.10 bits per heavy atom. The summed E-state index contributed by atoms with van der Waals surface area (Å²) >= 11 is 0. The second-order valence-electron chi connectivity index (χ2n) is 6.46. The van der Waals surface area contributed by atoms with Gasteiger partial charge in [-0.05, 0) is 43.6 Å². The zero-order chi connectivity index (χ0) is 15.4. The largest absolute Gasteiger partial charge is 0.341 e. The Labute approximate surface area is 127 Å². The molecule has 2 N–H and O–H groups in total.